The minimum absolute atomic E-state index is 0.0295. The van der Waals surface area contributed by atoms with Gasteiger partial charge in [0.05, 0.1) is 11.3 Å². The van der Waals surface area contributed by atoms with E-state index in [1.165, 1.54) is 0 Å². The third-order valence-corrected chi connectivity index (χ3v) is 4.00. The molecule has 17 heavy (non-hydrogen) atoms. The van der Waals surface area contributed by atoms with Crippen LogP contribution in [0.2, 0.25) is 0 Å². The van der Waals surface area contributed by atoms with E-state index in [1.54, 1.807) is 0 Å². The largest absolute Gasteiger partial charge is 0.365 e. The summed E-state index contributed by atoms with van der Waals surface area (Å²) in [7, 11) is 0. The Morgan fingerprint density at radius 2 is 2.18 bits per heavy atom. The highest BCUT2D eigenvalue weighted by molar-refractivity contribution is 5.61. The van der Waals surface area contributed by atoms with Crippen molar-refractivity contribution in [3.63, 3.8) is 0 Å². The van der Waals surface area contributed by atoms with Crippen molar-refractivity contribution in [3.05, 3.63) is 29.8 Å². The number of anilines is 1. The molecule has 0 aromatic heterocycles. The quantitative estimate of drug-likeness (QED) is 0.845. The molecule has 0 aliphatic carbocycles. The average Bonchev–Trinajstić information content (AvgIpc) is 2.63. The number of nitriles is 1. The van der Waals surface area contributed by atoms with Crippen molar-refractivity contribution in [3.8, 4) is 6.07 Å². The topological polar surface area (TPSA) is 53.0 Å². The van der Waals surface area contributed by atoms with Crippen molar-refractivity contribution >= 4 is 5.69 Å². The molecule has 1 saturated heterocycles. The van der Waals surface area contributed by atoms with Gasteiger partial charge in [0.25, 0.3) is 0 Å². The number of nitrogens with two attached hydrogens (primary N) is 1. The summed E-state index contributed by atoms with van der Waals surface area (Å²) in [5.41, 5.74) is 7.64. The minimum Gasteiger partial charge on any atom is -0.365 e. The van der Waals surface area contributed by atoms with E-state index in [1.807, 2.05) is 24.3 Å². The van der Waals surface area contributed by atoms with Crippen molar-refractivity contribution in [1.29, 1.82) is 5.26 Å². The van der Waals surface area contributed by atoms with Gasteiger partial charge in [-0.05, 0) is 44.9 Å². The molecule has 2 N–H and O–H groups in total. The molecule has 1 aromatic carbocycles. The molecule has 1 aliphatic heterocycles. The van der Waals surface area contributed by atoms with Crippen LogP contribution in [0.5, 0.6) is 0 Å². The van der Waals surface area contributed by atoms with E-state index in [0.29, 0.717) is 12.5 Å². The fraction of sp³-hybridized carbons (Fsp3) is 0.500. The molecule has 0 spiro atoms. The van der Waals surface area contributed by atoms with Crippen LogP contribution in [-0.2, 0) is 0 Å². The Balaban J connectivity index is 2.39. The van der Waals surface area contributed by atoms with E-state index in [9.17, 15) is 5.26 Å². The molecule has 90 valence electrons. The summed E-state index contributed by atoms with van der Waals surface area (Å²) >= 11 is 0. The first-order valence-corrected chi connectivity index (χ1v) is 6.08. The maximum absolute atomic E-state index is 9.17. The van der Waals surface area contributed by atoms with Crippen LogP contribution in [-0.4, -0.2) is 18.6 Å². The summed E-state index contributed by atoms with van der Waals surface area (Å²) in [6.07, 6.45) is 1.10. The molecule has 3 heteroatoms. The monoisotopic (exact) mass is 229 g/mol. The number of hydrogen-bond donors (Lipinski definition) is 1. The zero-order valence-electron chi connectivity index (χ0n) is 10.5. The molecule has 1 unspecified atom stereocenters. The van der Waals surface area contributed by atoms with Gasteiger partial charge < -0.3 is 10.6 Å². The normalized spacial score (nSPS) is 22.5. The molecule has 1 aromatic rings. The van der Waals surface area contributed by atoms with Gasteiger partial charge in [0, 0.05) is 12.1 Å². The fourth-order valence-corrected chi connectivity index (χ4v) is 2.79. The maximum atomic E-state index is 9.17. The Morgan fingerprint density at radius 3 is 2.76 bits per heavy atom. The van der Waals surface area contributed by atoms with Crippen LogP contribution in [0.4, 0.5) is 5.69 Å². The lowest BCUT2D eigenvalue weighted by atomic mass is 9.88. The SMILES string of the molecule is CC1(C)C(CN)CCN1c1ccccc1C#N. The predicted molar refractivity (Wildman–Crippen MR) is 69.7 cm³/mol. The van der Waals surface area contributed by atoms with E-state index >= 15 is 0 Å². The Labute approximate surface area is 103 Å². The lowest BCUT2D eigenvalue weighted by molar-refractivity contribution is 0.374. The second kappa shape index (κ2) is 4.38. The standard InChI is InChI=1S/C14H19N3/c1-14(2)12(10-16)7-8-17(14)13-6-4-3-5-11(13)9-15/h3-6,12H,7-8,10,16H2,1-2H3. The number of nitrogens with zero attached hydrogens (tertiary/aromatic N) is 2. The molecule has 0 saturated carbocycles. The van der Waals surface area contributed by atoms with Crippen molar-refractivity contribution in [1.82, 2.24) is 0 Å². The first-order valence-electron chi connectivity index (χ1n) is 6.08. The number of hydrogen-bond acceptors (Lipinski definition) is 3. The van der Waals surface area contributed by atoms with Crippen LogP contribution in [0.25, 0.3) is 0 Å². The second-order valence-corrected chi connectivity index (χ2v) is 5.16. The average molecular weight is 229 g/mol. The second-order valence-electron chi connectivity index (χ2n) is 5.16. The van der Waals surface area contributed by atoms with Gasteiger partial charge in [0.2, 0.25) is 0 Å². The number of benzene rings is 1. The lowest BCUT2D eigenvalue weighted by Crippen LogP contribution is -2.45. The summed E-state index contributed by atoms with van der Waals surface area (Å²) in [5, 5.41) is 9.17. The number of rotatable bonds is 2. The van der Waals surface area contributed by atoms with Crippen LogP contribution in [0.1, 0.15) is 25.8 Å². The van der Waals surface area contributed by atoms with Crippen molar-refractivity contribution in [2.45, 2.75) is 25.8 Å². The van der Waals surface area contributed by atoms with Gasteiger partial charge in [-0.1, -0.05) is 12.1 Å². The van der Waals surface area contributed by atoms with Crippen molar-refractivity contribution < 1.29 is 0 Å². The zero-order chi connectivity index (χ0) is 12.5. The molecule has 0 bridgehead atoms. The molecule has 2 rings (SSSR count). The van der Waals surface area contributed by atoms with Gasteiger partial charge >= 0.3 is 0 Å². The summed E-state index contributed by atoms with van der Waals surface area (Å²) in [6.45, 7) is 6.11. The summed E-state index contributed by atoms with van der Waals surface area (Å²) < 4.78 is 0. The predicted octanol–water partition coefficient (Wildman–Crippen LogP) is 2.12. The molecule has 3 nitrogen and oxygen atoms in total. The van der Waals surface area contributed by atoms with Crippen LogP contribution in [0.15, 0.2) is 24.3 Å². The third kappa shape index (κ3) is 1.89. The van der Waals surface area contributed by atoms with Crippen molar-refractivity contribution in [2.75, 3.05) is 18.0 Å². The highest BCUT2D eigenvalue weighted by Gasteiger charge is 2.40. The van der Waals surface area contributed by atoms with Gasteiger partial charge in [-0.3, -0.25) is 0 Å². The van der Waals surface area contributed by atoms with Crippen LogP contribution < -0.4 is 10.6 Å². The highest BCUT2D eigenvalue weighted by Crippen LogP contribution is 2.38. The summed E-state index contributed by atoms with van der Waals surface area (Å²) in [5.74, 6) is 0.495. The van der Waals surface area contributed by atoms with Crippen LogP contribution in [0.3, 0.4) is 0 Å². The maximum Gasteiger partial charge on any atom is 0.101 e. The van der Waals surface area contributed by atoms with Crippen molar-refractivity contribution in [2.24, 2.45) is 11.7 Å². The summed E-state index contributed by atoms with van der Waals surface area (Å²) in [6, 6.07) is 10.1. The molecule has 1 heterocycles. The third-order valence-electron chi connectivity index (χ3n) is 4.00. The molecule has 1 aliphatic rings. The minimum atomic E-state index is 0.0295. The Bertz CT molecular complexity index is 445. The first-order chi connectivity index (χ1) is 8.11. The van der Waals surface area contributed by atoms with Crippen LogP contribution >= 0.6 is 0 Å². The lowest BCUT2D eigenvalue weighted by Gasteiger charge is -2.37. The molecule has 0 amide bonds. The van der Waals surface area contributed by atoms with E-state index in [4.69, 9.17) is 5.73 Å². The van der Waals surface area contributed by atoms with E-state index in [0.717, 1.165) is 24.2 Å². The molecular formula is C14H19N3. The molecule has 0 radical (unpaired) electrons. The highest BCUT2D eigenvalue weighted by atomic mass is 15.2. The van der Waals surface area contributed by atoms with Gasteiger partial charge in [-0.15, -0.1) is 0 Å². The van der Waals surface area contributed by atoms with Gasteiger partial charge in [-0.2, -0.15) is 5.26 Å². The molecule has 1 fully saturated rings. The van der Waals surface area contributed by atoms with Gasteiger partial charge in [0.1, 0.15) is 6.07 Å². The molecule has 1 atom stereocenters. The molecular weight excluding hydrogens is 210 g/mol. The first kappa shape index (κ1) is 11.9. The van der Waals surface area contributed by atoms with E-state index < -0.39 is 0 Å². The van der Waals surface area contributed by atoms with Gasteiger partial charge in [0.15, 0.2) is 0 Å². The Hall–Kier alpha value is -1.53. The fourth-order valence-electron chi connectivity index (χ4n) is 2.79. The Kier molecular flexibility index (Phi) is 3.08. The smallest absolute Gasteiger partial charge is 0.101 e. The number of para-hydroxylation sites is 1. The zero-order valence-corrected chi connectivity index (χ0v) is 10.5. The van der Waals surface area contributed by atoms with E-state index in [-0.39, 0.29) is 5.54 Å². The van der Waals surface area contributed by atoms with Gasteiger partial charge in [-0.25, -0.2) is 0 Å². The van der Waals surface area contributed by atoms with E-state index in [2.05, 4.69) is 24.8 Å². The Morgan fingerprint density at radius 1 is 1.47 bits per heavy atom. The summed E-state index contributed by atoms with van der Waals surface area (Å²) in [4.78, 5) is 2.32. The van der Waals surface area contributed by atoms with Crippen LogP contribution in [0, 0.1) is 17.2 Å².